The van der Waals surface area contributed by atoms with E-state index in [1.165, 1.54) is 0 Å². The Labute approximate surface area is 175 Å². The van der Waals surface area contributed by atoms with Gasteiger partial charge in [-0.25, -0.2) is 18.5 Å². The molecule has 1 fully saturated rings. The standard InChI is InChI=1S/C11H17N4O13P3/c1-2-11(13)8(16)6(26-9(11)15-4-3-7(12)14-10(15)17)5-25-30(21,22)28-31(23,24)27-29(18,19)20/h1,3-4,6,8-9,16H,5,13H2,(H,21,22)(H,23,24)(H2,12,14,17)(H2,18,19,20)/t6-,8+,9-,11?/m1/s1/i5D2. The van der Waals surface area contributed by atoms with E-state index < -0.39 is 59.7 Å². The maximum Gasteiger partial charge on any atom is 0.490 e. The highest BCUT2D eigenvalue weighted by Gasteiger charge is 2.55. The van der Waals surface area contributed by atoms with Gasteiger partial charge in [-0.15, -0.1) is 6.42 Å². The molecule has 0 amide bonds. The largest absolute Gasteiger partial charge is 0.490 e. The lowest BCUT2D eigenvalue weighted by Gasteiger charge is -2.27. The summed E-state index contributed by atoms with van der Waals surface area (Å²) in [6.07, 6.45) is -0.0748. The second-order valence-corrected chi connectivity index (χ2v) is 10.1. The molecule has 2 rings (SSSR count). The van der Waals surface area contributed by atoms with Crippen molar-refractivity contribution in [2.24, 2.45) is 5.73 Å². The van der Waals surface area contributed by atoms with E-state index in [-0.39, 0.29) is 5.82 Å². The van der Waals surface area contributed by atoms with Crippen molar-refractivity contribution < 1.29 is 59.0 Å². The number of rotatable bonds is 8. The predicted octanol–water partition coefficient (Wildman–Crippen LogP) is -2.24. The van der Waals surface area contributed by atoms with Crippen LogP contribution >= 0.6 is 23.5 Å². The van der Waals surface area contributed by atoms with Gasteiger partial charge in [0, 0.05) is 6.20 Å². The second kappa shape index (κ2) is 8.81. The molecule has 0 aliphatic carbocycles. The highest BCUT2D eigenvalue weighted by molar-refractivity contribution is 7.66. The third-order valence-corrected chi connectivity index (χ3v) is 7.18. The second-order valence-electron chi connectivity index (χ2n) is 5.77. The zero-order valence-electron chi connectivity index (χ0n) is 16.9. The van der Waals surface area contributed by atoms with Crippen LogP contribution in [0.4, 0.5) is 5.82 Å². The Bertz CT molecular complexity index is 1170. The molecule has 3 unspecified atom stereocenters. The fourth-order valence-corrected chi connectivity index (χ4v) is 5.16. The third-order valence-electron chi connectivity index (χ3n) is 3.51. The van der Waals surface area contributed by atoms with Crippen molar-refractivity contribution in [1.82, 2.24) is 9.55 Å². The van der Waals surface area contributed by atoms with Gasteiger partial charge in [-0.3, -0.25) is 9.09 Å². The molecular weight excluding hydrogens is 489 g/mol. The van der Waals surface area contributed by atoms with E-state index in [9.17, 15) is 28.5 Å². The van der Waals surface area contributed by atoms with E-state index in [1.54, 1.807) is 0 Å². The van der Waals surface area contributed by atoms with E-state index in [4.69, 9.17) is 40.0 Å². The van der Waals surface area contributed by atoms with Gasteiger partial charge in [-0.05, 0) is 6.07 Å². The quantitative estimate of drug-likeness (QED) is 0.144. The van der Waals surface area contributed by atoms with Crippen molar-refractivity contribution in [3.63, 3.8) is 0 Å². The summed E-state index contributed by atoms with van der Waals surface area (Å²) in [5.74, 6) is 1.71. The topological polar surface area (TPSA) is 276 Å². The van der Waals surface area contributed by atoms with Gasteiger partial charge in [-0.2, -0.15) is 13.6 Å². The number of nitrogens with two attached hydrogens (primary N) is 2. The van der Waals surface area contributed by atoms with Gasteiger partial charge in [0.15, 0.2) is 11.8 Å². The van der Waals surface area contributed by atoms with Gasteiger partial charge in [-0.1, -0.05) is 5.92 Å². The van der Waals surface area contributed by atoms with Crippen LogP contribution in [0.25, 0.3) is 0 Å². The molecule has 1 saturated heterocycles. The van der Waals surface area contributed by atoms with E-state index >= 15 is 0 Å². The Hall–Kier alpha value is -1.47. The Morgan fingerprint density at radius 2 is 1.94 bits per heavy atom. The molecule has 0 aromatic carbocycles. The van der Waals surface area contributed by atoms with Crippen LogP contribution in [0, 0.1) is 12.3 Å². The number of nitrogens with zero attached hydrogens (tertiary/aromatic N) is 2. The molecule has 174 valence electrons. The van der Waals surface area contributed by atoms with Gasteiger partial charge in [0.05, 0.1) is 9.30 Å². The number of nitrogen functional groups attached to an aromatic ring is 1. The molecule has 1 aromatic rings. The van der Waals surface area contributed by atoms with Crippen molar-refractivity contribution >= 4 is 29.3 Å². The summed E-state index contributed by atoms with van der Waals surface area (Å²) in [7, 11) is -17.7. The smallest absolute Gasteiger partial charge is 0.387 e. The van der Waals surface area contributed by atoms with Crippen LogP contribution < -0.4 is 17.2 Å². The van der Waals surface area contributed by atoms with Gasteiger partial charge in [0.2, 0.25) is 0 Å². The fourth-order valence-electron chi connectivity index (χ4n) is 2.29. The summed E-state index contributed by atoms with van der Waals surface area (Å²) in [5, 5.41) is 10.5. The third kappa shape index (κ3) is 6.28. The number of anilines is 1. The normalized spacial score (nSPS) is 31.7. The van der Waals surface area contributed by atoms with Gasteiger partial charge in [0.25, 0.3) is 0 Å². The molecule has 1 aliphatic heterocycles. The van der Waals surface area contributed by atoms with Crippen molar-refractivity contribution in [2.75, 3.05) is 12.3 Å². The van der Waals surface area contributed by atoms with Crippen LogP contribution in [-0.4, -0.2) is 58.5 Å². The Morgan fingerprint density at radius 3 is 2.45 bits per heavy atom. The SMILES string of the molecule is [2H]C([2H])(OP(=O)(O)OP(=O)(O)OP(=O)(O)O)[C@H]1O[C@@H](n2ccc(N)nc2=O)C(N)(C#C)[C@H]1O. The Kier molecular flexibility index (Phi) is 6.46. The van der Waals surface area contributed by atoms with Crippen molar-refractivity contribution in [3.8, 4) is 12.3 Å². The van der Waals surface area contributed by atoms with Gasteiger partial charge in [0.1, 0.15) is 18.0 Å². The molecular formula is C11H17N4O13P3. The maximum absolute atomic E-state index is 12.1. The minimum absolute atomic E-state index is 0.210. The molecule has 1 aliphatic rings. The summed E-state index contributed by atoms with van der Waals surface area (Å²) in [4.78, 5) is 51.3. The lowest BCUT2D eigenvalue weighted by Crippen LogP contribution is -2.54. The first-order valence-electron chi connectivity index (χ1n) is 8.52. The number of terminal acetylenes is 1. The van der Waals surface area contributed by atoms with E-state index in [0.29, 0.717) is 4.57 Å². The van der Waals surface area contributed by atoms with Crippen LogP contribution in [0.2, 0.25) is 0 Å². The first kappa shape index (κ1) is 22.7. The number of aliphatic hydroxyl groups excluding tert-OH is 1. The summed E-state index contributed by atoms with van der Waals surface area (Å²) in [6, 6.07) is 1.11. The number of aliphatic hydroxyl groups is 1. The van der Waals surface area contributed by atoms with Crippen molar-refractivity contribution in [3.05, 3.63) is 22.7 Å². The number of aromatic nitrogens is 2. The molecule has 1 aromatic heterocycles. The summed E-state index contributed by atoms with van der Waals surface area (Å²) < 4.78 is 66.6. The molecule has 2 heterocycles. The summed E-state index contributed by atoms with van der Waals surface area (Å²) in [5.41, 5.74) is 7.84. The highest BCUT2D eigenvalue weighted by atomic mass is 31.3. The zero-order valence-corrected chi connectivity index (χ0v) is 17.5. The first-order chi connectivity index (χ1) is 14.7. The first-order valence-corrected chi connectivity index (χ1v) is 12.0. The van der Waals surface area contributed by atoms with Crippen LogP contribution in [0.5, 0.6) is 0 Å². The fraction of sp³-hybridized carbons (Fsp3) is 0.455. The number of hydrogen-bond acceptors (Lipinski definition) is 12. The monoisotopic (exact) mass is 508 g/mol. The molecule has 9 N–H and O–H groups in total. The van der Waals surface area contributed by atoms with Crippen LogP contribution in [0.3, 0.4) is 0 Å². The Morgan fingerprint density at radius 1 is 1.32 bits per heavy atom. The lowest BCUT2D eigenvalue weighted by molar-refractivity contribution is -0.0467. The van der Waals surface area contributed by atoms with Crippen LogP contribution in [0.15, 0.2) is 17.1 Å². The van der Waals surface area contributed by atoms with Crippen molar-refractivity contribution in [1.29, 1.82) is 0 Å². The van der Waals surface area contributed by atoms with Gasteiger partial charge < -0.3 is 40.9 Å². The molecule has 0 bridgehead atoms. The molecule has 6 atom stereocenters. The Balaban J connectivity index is 2.35. The maximum atomic E-state index is 12.1. The number of phosphoric ester groups is 1. The highest BCUT2D eigenvalue weighted by Crippen LogP contribution is 2.66. The molecule has 0 spiro atoms. The lowest BCUT2D eigenvalue weighted by atomic mass is 9.92. The van der Waals surface area contributed by atoms with Gasteiger partial charge >= 0.3 is 29.2 Å². The zero-order chi connectivity index (χ0) is 25.6. The van der Waals surface area contributed by atoms with E-state index in [0.717, 1.165) is 12.3 Å². The average Bonchev–Trinajstić information content (AvgIpc) is 2.83. The number of phosphoric acid groups is 3. The van der Waals surface area contributed by atoms with Crippen LogP contribution in [0.1, 0.15) is 8.97 Å². The molecule has 17 nitrogen and oxygen atoms in total. The minimum Gasteiger partial charge on any atom is -0.387 e. The average molecular weight is 508 g/mol. The molecule has 31 heavy (non-hydrogen) atoms. The van der Waals surface area contributed by atoms with E-state index in [2.05, 4.69) is 18.1 Å². The number of ether oxygens (including phenoxy) is 1. The predicted molar refractivity (Wildman–Crippen MR) is 98.4 cm³/mol. The van der Waals surface area contributed by atoms with E-state index in [1.807, 2.05) is 5.92 Å². The summed E-state index contributed by atoms with van der Waals surface area (Å²) in [6.45, 7) is -3.59. The van der Waals surface area contributed by atoms with Crippen molar-refractivity contribution in [2.45, 2.75) is 24.0 Å². The minimum atomic E-state index is -6.00. The molecule has 0 radical (unpaired) electrons. The van der Waals surface area contributed by atoms with Crippen LogP contribution in [-0.2, 0) is 31.6 Å². The molecule has 20 heteroatoms. The summed E-state index contributed by atoms with van der Waals surface area (Å²) >= 11 is 0. The number of hydrogen-bond donors (Lipinski definition) is 7. The molecule has 0 saturated carbocycles.